The van der Waals surface area contributed by atoms with Gasteiger partial charge in [-0.2, -0.15) is 0 Å². The first-order valence-corrected chi connectivity index (χ1v) is 7.50. The highest BCUT2D eigenvalue weighted by molar-refractivity contribution is 7.17. The van der Waals surface area contributed by atoms with Gasteiger partial charge in [0.2, 0.25) is 0 Å². The highest BCUT2D eigenvalue weighted by Crippen LogP contribution is 2.35. The Labute approximate surface area is 112 Å². The van der Waals surface area contributed by atoms with Crippen LogP contribution in [0, 0.1) is 5.92 Å². The Bertz CT molecular complexity index is 528. The monoisotopic (exact) mass is 261 g/mol. The van der Waals surface area contributed by atoms with Crippen LogP contribution < -0.4 is 10.1 Å². The van der Waals surface area contributed by atoms with Gasteiger partial charge in [0.05, 0.1) is 7.11 Å². The van der Waals surface area contributed by atoms with E-state index < -0.39 is 0 Å². The first kappa shape index (κ1) is 12.0. The first-order chi connectivity index (χ1) is 8.88. The zero-order valence-electron chi connectivity index (χ0n) is 10.7. The second-order valence-corrected chi connectivity index (χ2v) is 5.94. The maximum Gasteiger partial charge on any atom is 0.130 e. The summed E-state index contributed by atoms with van der Waals surface area (Å²) in [7, 11) is 1.79. The van der Waals surface area contributed by atoms with Crippen molar-refractivity contribution in [3.05, 3.63) is 29.1 Å². The molecular weight excluding hydrogens is 242 g/mol. The molecule has 96 valence electrons. The van der Waals surface area contributed by atoms with E-state index in [0.717, 1.165) is 31.2 Å². The lowest BCUT2D eigenvalue weighted by Gasteiger charge is -2.23. The fraction of sp³-hybridized carbons (Fsp3) is 0.467. The smallest absolute Gasteiger partial charge is 0.130 e. The molecule has 2 nitrogen and oxygen atoms in total. The van der Waals surface area contributed by atoms with Crippen molar-refractivity contribution in [2.75, 3.05) is 20.2 Å². The van der Waals surface area contributed by atoms with E-state index in [4.69, 9.17) is 4.74 Å². The molecule has 0 atom stereocenters. The van der Waals surface area contributed by atoms with Crippen LogP contribution in [0.3, 0.4) is 0 Å². The molecule has 1 fully saturated rings. The van der Waals surface area contributed by atoms with Gasteiger partial charge < -0.3 is 10.1 Å². The quantitative estimate of drug-likeness (QED) is 0.913. The van der Waals surface area contributed by atoms with Crippen molar-refractivity contribution >= 4 is 21.4 Å². The number of ether oxygens (including phenoxy) is 1. The molecule has 0 bridgehead atoms. The standard InChI is InChI=1S/C15H19NOS/c1-17-15-12(10-11-4-7-16-8-5-11)2-3-14-13(15)6-9-18-14/h2-3,6,9,11,16H,4-5,7-8,10H2,1H3. The predicted octanol–water partition coefficient (Wildman–Crippen LogP) is 3.45. The van der Waals surface area contributed by atoms with Gasteiger partial charge in [-0.25, -0.2) is 0 Å². The molecule has 1 aliphatic rings. The second-order valence-electron chi connectivity index (χ2n) is 4.99. The maximum absolute atomic E-state index is 5.65. The van der Waals surface area contributed by atoms with E-state index in [1.165, 1.54) is 28.5 Å². The van der Waals surface area contributed by atoms with Crippen LogP contribution in [-0.4, -0.2) is 20.2 Å². The van der Waals surface area contributed by atoms with Crippen molar-refractivity contribution in [2.45, 2.75) is 19.3 Å². The van der Waals surface area contributed by atoms with E-state index in [1.807, 2.05) is 0 Å². The topological polar surface area (TPSA) is 21.3 Å². The van der Waals surface area contributed by atoms with Crippen LogP contribution >= 0.6 is 11.3 Å². The Kier molecular flexibility index (Phi) is 3.52. The number of nitrogens with one attached hydrogen (secondary N) is 1. The van der Waals surface area contributed by atoms with Crippen LogP contribution in [-0.2, 0) is 6.42 Å². The van der Waals surface area contributed by atoms with Gasteiger partial charge in [0.25, 0.3) is 0 Å². The number of methoxy groups -OCH3 is 1. The molecule has 2 aromatic rings. The molecule has 1 aliphatic heterocycles. The Morgan fingerprint density at radius 2 is 2.11 bits per heavy atom. The fourth-order valence-electron chi connectivity index (χ4n) is 2.86. The van der Waals surface area contributed by atoms with E-state index in [-0.39, 0.29) is 0 Å². The minimum atomic E-state index is 0.802. The molecule has 0 spiro atoms. The van der Waals surface area contributed by atoms with E-state index in [9.17, 15) is 0 Å². The summed E-state index contributed by atoms with van der Waals surface area (Å²) in [6, 6.07) is 6.66. The van der Waals surface area contributed by atoms with Gasteiger partial charge in [-0.05, 0) is 61.3 Å². The summed E-state index contributed by atoms with van der Waals surface area (Å²) in [5.74, 6) is 1.89. The van der Waals surface area contributed by atoms with Crippen molar-refractivity contribution in [2.24, 2.45) is 5.92 Å². The molecule has 2 heterocycles. The van der Waals surface area contributed by atoms with Gasteiger partial charge in [-0.1, -0.05) is 6.07 Å². The number of rotatable bonds is 3. The van der Waals surface area contributed by atoms with Crippen molar-refractivity contribution in [3.8, 4) is 5.75 Å². The summed E-state index contributed by atoms with van der Waals surface area (Å²) < 4.78 is 6.97. The summed E-state index contributed by atoms with van der Waals surface area (Å²) in [5.41, 5.74) is 1.37. The minimum Gasteiger partial charge on any atom is -0.496 e. The molecule has 3 rings (SSSR count). The first-order valence-electron chi connectivity index (χ1n) is 6.62. The molecule has 0 amide bonds. The number of hydrogen-bond donors (Lipinski definition) is 1. The lowest BCUT2D eigenvalue weighted by molar-refractivity contribution is 0.362. The lowest BCUT2D eigenvalue weighted by Crippen LogP contribution is -2.28. The number of fused-ring (bicyclic) bond motifs is 1. The van der Waals surface area contributed by atoms with Gasteiger partial charge in [0.1, 0.15) is 5.75 Å². The SMILES string of the molecule is COc1c(CC2CCNCC2)ccc2sccc12. The van der Waals surface area contributed by atoms with E-state index >= 15 is 0 Å². The summed E-state index contributed by atoms with van der Waals surface area (Å²) in [6.07, 6.45) is 3.71. The van der Waals surface area contributed by atoms with Crippen LogP contribution in [0.15, 0.2) is 23.6 Å². The normalized spacial score (nSPS) is 17.2. The molecule has 0 radical (unpaired) electrons. The third-order valence-electron chi connectivity index (χ3n) is 3.84. The number of hydrogen-bond acceptors (Lipinski definition) is 3. The molecule has 1 N–H and O–H groups in total. The van der Waals surface area contributed by atoms with Crippen LogP contribution in [0.5, 0.6) is 5.75 Å². The third kappa shape index (κ3) is 2.25. The Morgan fingerprint density at radius 1 is 1.28 bits per heavy atom. The summed E-state index contributed by atoms with van der Waals surface area (Å²) >= 11 is 1.78. The molecular formula is C15H19NOS. The average Bonchev–Trinajstić information content (AvgIpc) is 2.88. The maximum atomic E-state index is 5.65. The van der Waals surface area contributed by atoms with E-state index in [2.05, 4.69) is 28.9 Å². The molecule has 18 heavy (non-hydrogen) atoms. The second kappa shape index (κ2) is 5.29. The third-order valence-corrected chi connectivity index (χ3v) is 4.72. The number of benzene rings is 1. The molecule has 1 aromatic carbocycles. The van der Waals surface area contributed by atoms with Crippen LogP contribution in [0.2, 0.25) is 0 Å². The van der Waals surface area contributed by atoms with Gasteiger partial charge in [-0.3, -0.25) is 0 Å². The molecule has 0 aliphatic carbocycles. The fourth-order valence-corrected chi connectivity index (χ4v) is 3.65. The van der Waals surface area contributed by atoms with Crippen molar-refractivity contribution < 1.29 is 4.74 Å². The summed E-state index contributed by atoms with van der Waals surface area (Å²) in [4.78, 5) is 0. The number of thiophene rings is 1. The Hall–Kier alpha value is -1.06. The van der Waals surface area contributed by atoms with E-state index in [0.29, 0.717) is 0 Å². The van der Waals surface area contributed by atoms with Crippen LogP contribution in [0.1, 0.15) is 18.4 Å². The van der Waals surface area contributed by atoms with Gasteiger partial charge in [-0.15, -0.1) is 11.3 Å². The van der Waals surface area contributed by atoms with Gasteiger partial charge in [0, 0.05) is 10.1 Å². The van der Waals surface area contributed by atoms with Crippen molar-refractivity contribution in [1.82, 2.24) is 5.32 Å². The summed E-state index contributed by atoms with van der Waals surface area (Å²) in [5, 5.41) is 6.84. The number of piperidine rings is 1. The van der Waals surface area contributed by atoms with Crippen molar-refractivity contribution in [1.29, 1.82) is 0 Å². The summed E-state index contributed by atoms with van der Waals surface area (Å²) in [6.45, 7) is 2.32. The zero-order chi connectivity index (χ0) is 12.4. The van der Waals surface area contributed by atoms with E-state index in [1.54, 1.807) is 18.4 Å². The molecule has 1 aromatic heterocycles. The largest absolute Gasteiger partial charge is 0.496 e. The Balaban J connectivity index is 1.90. The van der Waals surface area contributed by atoms with Crippen LogP contribution in [0.4, 0.5) is 0 Å². The predicted molar refractivity (Wildman–Crippen MR) is 77.7 cm³/mol. The van der Waals surface area contributed by atoms with Crippen molar-refractivity contribution in [3.63, 3.8) is 0 Å². The zero-order valence-corrected chi connectivity index (χ0v) is 11.6. The minimum absolute atomic E-state index is 0.802. The van der Waals surface area contributed by atoms with Crippen LogP contribution in [0.25, 0.3) is 10.1 Å². The average molecular weight is 261 g/mol. The Morgan fingerprint density at radius 3 is 2.89 bits per heavy atom. The highest BCUT2D eigenvalue weighted by atomic mass is 32.1. The van der Waals surface area contributed by atoms with Gasteiger partial charge in [0.15, 0.2) is 0 Å². The highest BCUT2D eigenvalue weighted by Gasteiger charge is 2.17. The molecule has 0 saturated carbocycles. The molecule has 3 heteroatoms. The lowest BCUT2D eigenvalue weighted by atomic mass is 9.90. The molecule has 1 saturated heterocycles. The molecule has 0 unspecified atom stereocenters. The van der Waals surface area contributed by atoms with Gasteiger partial charge >= 0.3 is 0 Å².